The second-order valence-electron chi connectivity index (χ2n) is 7.94. The number of carbonyl (C=O) groups is 1. The van der Waals surface area contributed by atoms with Crippen molar-refractivity contribution in [3.05, 3.63) is 23.8 Å². The van der Waals surface area contributed by atoms with Crippen molar-refractivity contribution in [1.82, 2.24) is 5.32 Å². The van der Waals surface area contributed by atoms with Gasteiger partial charge in [-0.15, -0.1) is 0 Å². The number of rotatable bonds is 5. The number of ether oxygens (including phenoxy) is 2. The third-order valence-electron chi connectivity index (χ3n) is 6.83. The lowest BCUT2D eigenvalue weighted by Gasteiger charge is -2.39. The van der Waals surface area contributed by atoms with Crippen molar-refractivity contribution in [2.24, 2.45) is 16.7 Å². The Labute approximate surface area is 144 Å². The minimum atomic E-state index is -0.0223. The summed E-state index contributed by atoms with van der Waals surface area (Å²) in [6.45, 7) is 9.55. The number of hydrogen-bond acceptors (Lipinski definition) is 3. The molecule has 0 heterocycles. The van der Waals surface area contributed by atoms with Gasteiger partial charge in [0.2, 0.25) is 0 Å². The summed E-state index contributed by atoms with van der Waals surface area (Å²) in [6, 6.07) is 5.63. The Hall–Kier alpha value is -1.71. The van der Waals surface area contributed by atoms with E-state index in [4.69, 9.17) is 9.47 Å². The quantitative estimate of drug-likeness (QED) is 0.886. The summed E-state index contributed by atoms with van der Waals surface area (Å²) in [5.74, 6) is 1.96. The fourth-order valence-corrected chi connectivity index (χ4v) is 4.75. The van der Waals surface area contributed by atoms with Crippen LogP contribution in [-0.2, 0) is 0 Å². The van der Waals surface area contributed by atoms with Crippen molar-refractivity contribution in [2.75, 3.05) is 13.7 Å². The van der Waals surface area contributed by atoms with Gasteiger partial charge < -0.3 is 14.8 Å². The van der Waals surface area contributed by atoms with Crippen LogP contribution in [0.15, 0.2) is 18.2 Å². The molecule has 2 fully saturated rings. The van der Waals surface area contributed by atoms with Gasteiger partial charge in [-0.2, -0.15) is 0 Å². The molecule has 0 spiro atoms. The van der Waals surface area contributed by atoms with Crippen LogP contribution in [0, 0.1) is 16.7 Å². The van der Waals surface area contributed by atoms with E-state index < -0.39 is 0 Å². The second kappa shape index (κ2) is 5.98. The van der Waals surface area contributed by atoms with Crippen LogP contribution in [0.1, 0.15) is 57.3 Å². The van der Waals surface area contributed by atoms with Gasteiger partial charge in [-0.25, -0.2) is 0 Å². The molecule has 2 aliphatic rings. The molecule has 0 radical (unpaired) electrons. The Morgan fingerprint density at radius 2 is 2.04 bits per heavy atom. The average Bonchev–Trinajstić information content (AvgIpc) is 2.88. The molecule has 2 bridgehead atoms. The molecule has 0 aliphatic heterocycles. The summed E-state index contributed by atoms with van der Waals surface area (Å²) in [7, 11) is 1.60. The lowest BCUT2D eigenvalue weighted by atomic mass is 9.69. The van der Waals surface area contributed by atoms with Gasteiger partial charge >= 0.3 is 0 Å². The SMILES string of the molecule is CCOc1ccc(C(=O)NC2CC3CCC2(C)C3(C)C)cc1OC. The summed E-state index contributed by atoms with van der Waals surface area (Å²) < 4.78 is 10.9. The zero-order chi connectivity index (χ0) is 17.5. The van der Waals surface area contributed by atoms with Crippen LogP contribution in [0.5, 0.6) is 11.5 Å². The van der Waals surface area contributed by atoms with Crippen LogP contribution in [-0.4, -0.2) is 25.7 Å². The number of amides is 1. The Balaban J connectivity index is 1.77. The van der Waals surface area contributed by atoms with Gasteiger partial charge in [-0.3, -0.25) is 4.79 Å². The Morgan fingerprint density at radius 1 is 1.29 bits per heavy atom. The maximum Gasteiger partial charge on any atom is 0.251 e. The topological polar surface area (TPSA) is 47.6 Å². The first-order chi connectivity index (χ1) is 11.3. The fourth-order valence-electron chi connectivity index (χ4n) is 4.75. The van der Waals surface area contributed by atoms with Crippen LogP contribution >= 0.6 is 0 Å². The summed E-state index contributed by atoms with van der Waals surface area (Å²) in [4.78, 5) is 12.8. The van der Waals surface area contributed by atoms with Crippen LogP contribution < -0.4 is 14.8 Å². The third kappa shape index (κ3) is 2.47. The summed E-state index contributed by atoms with van der Waals surface area (Å²) in [5.41, 5.74) is 1.10. The van der Waals surface area contributed by atoms with E-state index in [1.54, 1.807) is 13.2 Å². The molecular formula is C20H29NO3. The van der Waals surface area contributed by atoms with Crippen LogP contribution in [0.4, 0.5) is 0 Å². The molecule has 2 saturated carbocycles. The molecule has 0 aromatic heterocycles. The molecule has 132 valence electrons. The highest BCUT2D eigenvalue weighted by atomic mass is 16.5. The number of benzene rings is 1. The van der Waals surface area contributed by atoms with E-state index in [0.29, 0.717) is 35.0 Å². The van der Waals surface area contributed by atoms with Gasteiger partial charge in [0.1, 0.15) is 0 Å². The van der Waals surface area contributed by atoms with Crippen LogP contribution in [0.25, 0.3) is 0 Å². The Bertz CT molecular complexity index is 640. The third-order valence-corrected chi connectivity index (χ3v) is 6.83. The highest BCUT2D eigenvalue weighted by Gasteiger charge is 2.61. The summed E-state index contributed by atoms with van der Waals surface area (Å²) >= 11 is 0. The van der Waals surface area contributed by atoms with E-state index >= 15 is 0 Å². The number of nitrogens with one attached hydrogen (secondary N) is 1. The predicted octanol–water partition coefficient (Wildman–Crippen LogP) is 4.04. The molecule has 1 amide bonds. The van der Waals surface area contributed by atoms with Gasteiger partial charge in [0.15, 0.2) is 11.5 Å². The Kier molecular flexibility index (Phi) is 4.27. The average molecular weight is 331 g/mol. The minimum Gasteiger partial charge on any atom is -0.493 e. The van der Waals surface area contributed by atoms with Gasteiger partial charge in [-0.05, 0) is 61.1 Å². The molecule has 3 atom stereocenters. The van der Waals surface area contributed by atoms with Gasteiger partial charge in [0, 0.05) is 11.6 Å². The number of methoxy groups -OCH3 is 1. The first-order valence-corrected chi connectivity index (χ1v) is 8.95. The van der Waals surface area contributed by atoms with E-state index in [-0.39, 0.29) is 17.4 Å². The second-order valence-corrected chi connectivity index (χ2v) is 7.94. The molecule has 1 N–H and O–H groups in total. The fraction of sp³-hybridized carbons (Fsp3) is 0.650. The van der Waals surface area contributed by atoms with Gasteiger partial charge in [0.05, 0.1) is 13.7 Å². The van der Waals surface area contributed by atoms with E-state index in [2.05, 4.69) is 26.1 Å². The number of hydrogen-bond donors (Lipinski definition) is 1. The molecule has 4 heteroatoms. The lowest BCUT2D eigenvalue weighted by Crippen LogP contribution is -2.46. The van der Waals surface area contributed by atoms with Crippen molar-refractivity contribution in [3.63, 3.8) is 0 Å². The number of fused-ring (bicyclic) bond motifs is 2. The zero-order valence-electron chi connectivity index (χ0n) is 15.4. The molecule has 0 saturated heterocycles. The van der Waals surface area contributed by atoms with Crippen molar-refractivity contribution < 1.29 is 14.3 Å². The van der Waals surface area contributed by atoms with Crippen LogP contribution in [0.3, 0.4) is 0 Å². The van der Waals surface area contributed by atoms with E-state index in [9.17, 15) is 4.79 Å². The largest absolute Gasteiger partial charge is 0.493 e. The van der Waals surface area contributed by atoms with E-state index in [1.807, 2.05) is 19.1 Å². The maximum absolute atomic E-state index is 12.8. The summed E-state index contributed by atoms with van der Waals surface area (Å²) in [5, 5.41) is 3.29. The number of carbonyl (C=O) groups excluding carboxylic acids is 1. The van der Waals surface area contributed by atoms with Crippen LogP contribution in [0.2, 0.25) is 0 Å². The van der Waals surface area contributed by atoms with Crippen molar-refractivity contribution in [1.29, 1.82) is 0 Å². The monoisotopic (exact) mass is 331 g/mol. The van der Waals surface area contributed by atoms with Crippen molar-refractivity contribution >= 4 is 5.91 Å². The summed E-state index contributed by atoms with van der Waals surface area (Å²) in [6.07, 6.45) is 3.57. The molecule has 3 rings (SSSR count). The standard InChI is InChI=1S/C20H29NO3/c1-6-24-15-8-7-13(11-16(15)23-5)18(22)21-17-12-14-9-10-20(17,4)19(14,2)3/h7-8,11,14,17H,6,9-10,12H2,1-5H3,(H,21,22). The maximum atomic E-state index is 12.8. The molecule has 1 aromatic rings. The normalized spacial score (nSPS) is 30.2. The molecule has 4 nitrogen and oxygen atoms in total. The van der Waals surface area contributed by atoms with E-state index in [1.165, 1.54) is 12.8 Å². The highest BCUT2D eigenvalue weighted by Crippen LogP contribution is 2.65. The minimum absolute atomic E-state index is 0.0223. The van der Waals surface area contributed by atoms with Gasteiger partial charge in [0.25, 0.3) is 5.91 Å². The molecule has 24 heavy (non-hydrogen) atoms. The zero-order valence-corrected chi connectivity index (χ0v) is 15.4. The predicted molar refractivity (Wildman–Crippen MR) is 94.6 cm³/mol. The molecule has 2 aliphatic carbocycles. The Morgan fingerprint density at radius 3 is 2.58 bits per heavy atom. The first-order valence-electron chi connectivity index (χ1n) is 8.95. The first kappa shape index (κ1) is 17.1. The van der Waals surface area contributed by atoms with E-state index in [0.717, 1.165) is 6.42 Å². The molecule has 1 aromatic carbocycles. The van der Waals surface area contributed by atoms with Crippen molar-refractivity contribution in [2.45, 2.75) is 53.0 Å². The van der Waals surface area contributed by atoms with Crippen molar-refractivity contribution in [3.8, 4) is 11.5 Å². The molecule has 3 unspecified atom stereocenters. The lowest BCUT2D eigenvalue weighted by molar-refractivity contribution is 0.0826. The highest BCUT2D eigenvalue weighted by molar-refractivity contribution is 5.95. The van der Waals surface area contributed by atoms with Gasteiger partial charge in [-0.1, -0.05) is 20.8 Å². The smallest absolute Gasteiger partial charge is 0.251 e. The molecular weight excluding hydrogens is 302 g/mol.